The van der Waals surface area contributed by atoms with Crippen molar-refractivity contribution in [2.45, 2.75) is 31.7 Å². The zero-order valence-electron chi connectivity index (χ0n) is 17.2. The van der Waals surface area contributed by atoms with Crippen LogP contribution in [0.15, 0.2) is 79.0 Å². The fourth-order valence-electron chi connectivity index (χ4n) is 4.52. The predicted octanol–water partition coefficient (Wildman–Crippen LogP) is 5.52. The van der Waals surface area contributed by atoms with Gasteiger partial charge in [0.05, 0.1) is 7.11 Å². The topological polar surface area (TPSA) is 25.4 Å². The Morgan fingerprint density at radius 1 is 0.897 bits per heavy atom. The van der Waals surface area contributed by atoms with E-state index in [-0.39, 0.29) is 0 Å². The van der Waals surface area contributed by atoms with Crippen molar-refractivity contribution in [3.63, 3.8) is 0 Å². The normalized spacial score (nSPS) is 15.5. The molecule has 3 nitrogen and oxygen atoms in total. The maximum atomic E-state index is 5.42. The summed E-state index contributed by atoms with van der Waals surface area (Å²) in [5, 5.41) is 0. The first kappa shape index (κ1) is 19.7. The summed E-state index contributed by atoms with van der Waals surface area (Å²) in [4.78, 5) is 6.87. The first-order valence-electron chi connectivity index (χ1n) is 10.6. The van der Waals surface area contributed by atoms with Crippen LogP contribution < -0.4 is 4.74 Å². The van der Waals surface area contributed by atoms with Gasteiger partial charge in [-0.2, -0.15) is 0 Å². The number of aromatic nitrogens is 1. The molecule has 3 heteroatoms. The fourth-order valence-corrected chi connectivity index (χ4v) is 4.52. The predicted molar refractivity (Wildman–Crippen MR) is 118 cm³/mol. The summed E-state index contributed by atoms with van der Waals surface area (Å²) < 4.78 is 5.42. The van der Waals surface area contributed by atoms with Crippen LogP contribution >= 0.6 is 0 Å². The van der Waals surface area contributed by atoms with Crippen LogP contribution in [0.4, 0.5) is 0 Å². The largest absolute Gasteiger partial charge is 0.481 e. The van der Waals surface area contributed by atoms with Gasteiger partial charge >= 0.3 is 0 Å². The highest BCUT2D eigenvalue weighted by atomic mass is 16.5. The second-order valence-corrected chi connectivity index (χ2v) is 8.00. The summed E-state index contributed by atoms with van der Waals surface area (Å²) in [5.74, 6) is 1.99. The molecule has 0 amide bonds. The van der Waals surface area contributed by atoms with Gasteiger partial charge in [0.1, 0.15) is 0 Å². The third-order valence-corrected chi connectivity index (χ3v) is 6.12. The number of hydrogen-bond donors (Lipinski definition) is 0. The van der Waals surface area contributed by atoms with Crippen LogP contribution in [0.2, 0.25) is 0 Å². The number of benzene rings is 2. The Hall–Kier alpha value is -2.65. The molecule has 29 heavy (non-hydrogen) atoms. The molecule has 1 aliphatic heterocycles. The van der Waals surface area contributed by atoms with E-state index in [0.717, 1.165) is 31.4 Å². The molecule has 2 heterocycles. The minimum atomic E-state index is 0.479. The lowest BCUT2D eigenvalue weighted by Crippen LogP contribution is -2.34. The van der Waals surface area contributed by atoms with Gasteiger partial charge in [0.2, 0.25) is 5.88 Å². The molecular formula is C26H30N2O. The molecule has 0 bridgehead atoms. The van der Waals surface area contributed by atoms with Gasteiger partial charge in [0, 0.05) is 24.2 Å². The summed E-state index contributed by atoms with van der Waals surface area (Å²) in [6, 6.07) is 26.1. The molecule has 0 atom stereocenters. The lowest BCUT2D eigenvalue weighted by atomic mass is 9.80. The van der Waals surface area contributed by atoms with Gasteiger partial charge < -0.3 is 4.74 Å². The first-order valence-corrected chi connectivity index (χ1v) is 10.6. The van der Waals surface area contributed by atoms with E-state index in [9.17, 15) is 0 Å². The lowest BCUT2D eigenvalue weighted by Gasteiger charge is -2.34. The summed E-state index contributed by atoms with van der Waals surface area (Å²) in [5.41, 5.74) is 4.04. The van der Waals surface area contributed by atoms with E-state index in [4.69, 9.17) is 4.74 Å². The SMILES string of the molecule is COc1ncccc1CN1CCC(CC(c2ccccc2)c2ccccc2)CC1. The number of methoxy groups -OCH3 is 1. The molecule has 0 radical (unpaired) electrons. The number of pyridine rings is 1. The minimum absolute atomic E-state index is 0.479. The van der Waals surface area contributed by atoms with Crippen molar-refractivity contribution >= 4 is 0 Å². The quantitative estimate of drug-likeness (QED) is 0.534. The molecule has 1 fully saturated rings. The Morgan fingerprint density at radius 3 is 2.10 bits per heavy atom. The van der Waals surface area contributed by atoms with E-state index in [0.29, 0.717) is 5.92 Å². The van der Waals surface area contributed by atoms with Crippen molar-refractivity contribution in [2.75, 3.05) is 20.2 Å². The minimum Gasteiger partial charge on any atom is -0.481 e. The highest BCUT2D eigenvalue weighted by molar-refractivity contribution is 5.32. The highest BCUT2D eigenvalue weighted by Crippen LogP contribution is 2.35. The van der Waals surface area contributed by atoms with Crippen molar-refractivity contribution in [3.05, 3.63) is 95.7 Å². The second-order valence-electron chi connectivity index (χ2n) is 8.00. The average Bonchev–Trinajstić information content (AvgIpc) is 2.80. The van der Waals surface area contributed by atoms with E-state index in [1.165, 1.54) is 36.0 Å². The third-order valence-electron chi connectivity index (χ3n) is 6.12. The molecule has 2 aromatic carbocycles. The zero-order valence-corrected chi connectivity index (χ0v) is 17.2. The summed E-state index contributed by atoms with van der Waals surface area (Å²) in [6.45, 7) is 3.20. The molecule has 0 spiro atoms. The Morgan fingerprint density at radius 2 is 1.52 bits per heavy atom. The third kappa shape index (κ3) is 5.04. The maximum absolute atomic E-state index is 5.42. The first-order chi connectivity index (χ1) is 14.3. The molecule has 1 aromatic heterocycles. The number of rotatable bonds is 7. The molecule has 4 rings (SSSR count). The summed E-state index contributed by atoms with van der Waals surface area (Å²) >= 11 is 0. The van der Waals surface area contributed by atoms with Crippen molar-refractivity contribution < 1.29 is 4.74 Å². The molecule has 0 unspecified atom stereocenters. The number of likely N-dealkylation sites (tertiary alicyclic amines) is 1. The standard InChI is InChI=1S/C26H30N2O/c1-29-26-24(13-8-16-27-26)20-28-17-14-21(15-18-28)19-25(22-9-4-2-5-10-22)23-11-6-3-7-12-23/h2-13,16,21,25H,14-15,17-20H2,1H3. The van der Waals surface area contributed by atoms with Crippen LogP contribution in [-0.2, 0) is 6.54 Å². The number of ether oxygens (including phenoxy) is 1. The number of piperidine rings is 1. The number of nitrogens with zero attached hydrogens (tertiary/aromatic N) is 2. The van der Waals surface area contributed by atoms with E-state index >= 15 is 0 Å². The van der Waals surface area contributed by atoms with Crippen LogP contribution in [-0.4, -0.2) is 30.1 Å². The number of hydrogen-bond acceptors (Lipinski definition) is 3. The van der Waals surface area contributed by atoms with E-state index in [1.807, 2.05) is 6.07 Å². The van der Waals surface area contributed by atoms with Gasteiger partial charge in [0.25, 0.3) is 0 Å². The molecule has 150 valence electrons. The molecule has 0 aliphatic carbocycles. The Bertz CT molecular complexity index is 834. The van der Waals surface area contributed by atoms with Crippen molar-refractivity contribution in [3.8, 4) is 5.88 Å². The van der Waals surface area contributed by atoms with Crippen molar-refractivity contribution in [2.24, 2.45) is 5.92 Å². The van der Waals surface area contributed by atoms with Crippen molar-refractivity contribution in [1.29, 1.82) is 0 Å². The average molecular weight is 387 g/mol. The van der Waals surface area contributed by atoms with E-state index in [2.05, 4.69) is 76.6 Å². The Kier molecular flexibility index (Phi) is 6.58. The van der Waals surface area contributed by atoms with Gasteiger partial charge in [-0.1, -0.05) is 66.7 Å². The van der Waals surface area contributed by atoms with Crippen LogP contribution in [0.1, 0.15) is 41.9 Å². The van der Waals surface area contributed by atoms with E-state index in [1.54, 1.807) is 13.3 Å². The van der Waals surface area contributed by atoms with Gasteiger partial charge in [-0.15, -0.1) is 0 Å². The van der Waals surface area contributed by atoms with Crippen LogP contribution in [0.3, 0.4) is 0 Å². The van der Waals surface area contributed by atoms with Crippen LogP contribution in [0.25, 0.3) is 0 Å². The highest BCUT2D eigenvalue weighted by Gasteiger charge is 2.24. The molecule has 3 aromatic rings. The van der Waals surface area contributed by atoms with Crippen molar-refractivity contribution in [1.82, 2.24) is 9.88 Å². The van der Waals surface area contributed by atoms with Crippen LogP contribution in [0, 0.1) is 5.92 Å². The van der Waals surface area contributed by atoms with Gasteiger partial charge in [-0.05, 0) is 55.5 Å². The fraction of sp³-hybridized carbons (Fsp3) is 0.346. The zero-order chi connectivity index (χ0) is 19.9. The Labute approximate surface area is 174 Å². The summed E-state index contributed by atoms with van der Waals surface area (Å²) in [7, 11) is 1.70. The molecular weight excluding hydrogens is 356 g/mol. The molecule has 0 saturated carbocycles. The summed E-state index contributed by atoms with van der Waals surface area (Å²) in [6.07, 6.45) is 5.51. The van der Waals surface area contributed by atoms with Gasteiger partial charge in [-0.3, -0.25) is 4.90 Å². The molecule has 1 saturated heterocycles. The monoisotopic (exact) mass is 386 g/mol. The maximum Gasteiger partial charge on any atom is 0.217 e. The van der Waals surface area contributed by atoms with Gasteiger partial charge in [-0.25, -0.2) is 4.98 Å². The second kappa shape index (κ2) is 9.71. The van der Waals surface area contributed by atoms with E-state index < -0.39 is 0 Å². The lowest BCUT2D eigenvalue weighted by molar-refractivity contribution is 0.168. The smallest absolute Gasteiger partial charge is 0.217 e. The molecule has 1 aliphatic rings. The van der Waals surface area contributed by atoms with Gasteiger partial charge in [0.15, 0.2) is 0 Å². The molecule has 0 N–H and O–H groups in total. The van der Waals surface area contributed by atoms with Crippen LogP contribution in [0.5, 0.6) is 5.88 Å². The Balaban J connectivity index is 1.40.